The van der Waals surface area contributed by atoms with Crippen molar-refractivity contribution in [2.45, 2.75) is 13.1 Å². The van der Waals surface area contributed by atoms with Gasteiger partial charge in [0.05, 0.1) is 12.7 Å². The van der Waals surface area contributed by atoms with Crippen LogP contribution < -0.4 is 4.74 Å². The number of hydrogen-bond donors (Lipinski definition) is 0. The highest BCUT2D eigenvalue weighted by Crippen LogP contribution is 2.28. The van der Waals surface area contributed by atoms with E-state index in [0.717, 1.165) is 23.3 Å². The summed E-state index contributed by atoms with van der Waals surface area (Å²) in [6.45, 7) is 0.658. The highest BCUT2D eigenvalue weighted by molar-refractivity contribution is 5.94. The second kappa shape index (κ2) is 11.3. The van der Waals surface area contributed by atoms with Gasteiger partial charge in [0.15, 0.2) is 17.4 Å². The number of hydrogen-bond acceptors (Lipinski definition) is 4. The van der Waals surface area contributed by atoms with E-state index in [1.165, 1.54) is 25.3 Å². The van der Waals surface area contributed by atoms with Crippen LogP contribution in [-0.2, 0) is 17.8 Å². The Bertz CT molecular complexity index is 1320. The van der Waals surface area contributed by atoms with Crippen LogP contribution >= 0.6 is 0 Å². The van der Waals surface area contributed by atoms with Gasteiger partial charge in [-0.2, -0.15) is 0 Å². The molecule has 0 saturated heterocycles. The minimum Gasteiger partial charge on any atom is -0.465 e. The van der Waals surface area contributed by atoms with E-state index in [4.69, 9.17) is 9.47 Å². The Labute approximate surface area is 207 Å². The quantitative estimate of drug-likeness (QED) is 0.271. The van der Waals surface area contributed by atoms with E-state index < -0.39 is 23.4 Å². The number of para-hydroxylation sites is 1. The van der Waals surface area contributed by atoms with E-state index in [0.29, 0.717) is 24.2 Å². The molecule has 4 aromatic carbocycles. The lowest BCUT2D eigenvalue weighted by Gasteiger charge is -2.23. The molecule has 0 fully saturated rings. The third-order valence-electron chi connectivity index (χ3n) is 5.49. The van der Waals surface area contributed by atoms with Crippen molar-refractivity contribution < 1.29 is 27.8 Å². The minimum atomic E-state index is -0.817. The fourth-order valence-electron chi connectivity index (χ4n) is 3.63. The molecule has 0 atom stereocenters. The predicted octanol–water partition coefficient (Wildman–Crippen LogP) is 6.39. The highest BCUT2D eigenvalue weighted by Gasteiger charge is 2.18. The van der Waals surface area contributed by atoms with Gasteiger partial charge in [0, 0.05) is 18.7 Å². The maximum Gasteiger partial charge on any atom is 0.337 e. The van der Waals surface area contributed by atoms with E-state index in [1.54, 1.807) is 41.3 Å². The second-order valence-electron chi connectivity index (χ2n) is 8.01. The first-order valence-electron chi connectivity index (χ1n) is 11.2. The van der Waals surface area contributed by atoms with Gasteiger partial charge in [-0.3, -0.25) is 4.79 Å². The molecule has 4 rings (SSSR count). The zero-order valence-electron chi connectivity index (χ0n) is 19.5. The van der Waals surface area contributed by atoms with Crippen molar-refractivity contribution in [2.24, 2.45) is 0 Å². The van der Waals surface area contributed by atoms with Gasteiger partial charge in [-0.15, -0.1) is 0 Å². The Morgan fingerprint density at radius 3 is 1.83 bits per heavy atom. The maximum absolute atomic E-state index is 13.9. The van der Waals surface area contributed by atoms with Crippen LogP contribution in [0.2, 0.25) is 0 Å². The molecule has 0 radical (unpaired) electrons. The summed E-state index contributed by atoms with van der Waals surface area (Å²) < 4.78 is 37.9. The molecular formula is C29H23F2NO4. The van der Waals surface area contributed by atoms with Crippen molar-refractivity contribution in [3.63, 3.8) is 0 Å². The molecule has 5 nitrogen and oxygen atoms in total. The van der Waals surface area contributed by atoms with Gasteiger partial charge in [-0.25, -0.2) is 13.6 Å². The molecule has 0 saturated carbocycles. The summed E-state index contributed by atoms with van der Waals surface area (Å²) >= 11 is 0. The molecule has 0 aromatic heterocycles. The SMILES string of the molecule is COC(=O)c1ccc(CN(Cc2ccccc2)C(=O)c2ccc(Oc3c(F)cccc3F)cc2)cc1. The summed E-state index contributed by atoms with van der Waals surface area (Å²) in [7, 11) is 1.32. The molecule has 0 aliphatic heterocycles. The number of halogens is 2. The lowest BCUT2D eigenvalue weighted by molar-refractivity contribution is 0.0600. The summed E-state index contributed by atoms with van der Waals surface area (Å²) in [6.07, 6.45) is 0. The number of ether oxygens (including phenoxy) is 2. The van der Waals surface area contributed by atoms with Crippen LogP contribution in [0.4, 0.5) is 8.78 Å². The van der Waals surface area contributed by atoms with Gasteiger partial charge in [0.1, 0.15) is 5.75 Å². The van der Waals surface area contributed by atoms with Crippen LogP contribution in [0.25, 0.3) is 0 Å². The van der Waals surface area contributed by atoms with Crippen molar-refractivity contribution in [1.82, 2.24) is 4.90 Å². The molecule has 4 aromatic rings. The van der Waals surface area contributed by atoms with Crippen LogP contribution in [0.1, 0.15) is 31.8 Å². The van der Waals surface area contributed by atoms with Crippen LogP contribution in [0.5, 0.6) is 11.5 Å². The maximum atomic E-state index is 13.9. The van der Waals surface area contributed by atoms with Crippen molar-refractivity contribution >= 4 is 11.9 Å². The molecule has 0 aliphatic rings. The number of carbonyl (C=O) groups is 2. The van der Waals surface area contributed by atoms with Crippen molar-refractivity contribution in [2.75, 3.05) is 7.11 Å². The summed E-state index contributed by atoms with van der Waals surface area (Å²) in [4.78, 5) is 26.8. The Morgan fingerprint density at radius 2 is 1.25 bits per heavy atom. The summed E-state index contributed by atoms with van der Waals surface area (Å²) in [6, 6.07) is 26.0. The summed E-state index contributed by atoms with van der Waals surface area (Å²) in [5, 5.41) is 0. The number of rotatable bonds is 8. The van der Waals surface area contributed by atoms with E-state index in [-0.39, 0.29) is 11.7 Å². The van der Waals surface area contributed by atoms with Gasteiger partial charge >= 0.3 is 5.97 Å². The number of benzene rings is 4. The fourth-order valence-corrected chi connectivity index (χ4v) is 3.63. The Hall–Kier alpha value is -4.52. The molecule has 0 spiro atoms. The van der Waals surface area contributed by atoms with Gasteiger partial charge < -0.3 is 14.4 Å². The number of amides is 1. The number of methoxy groups -OCH3 is 1. The van der Waals surface area contributed by atoms with E-state index in [9.17, 15) is 18.4 Å². The first-order valence-corrected chi connectivity index (χ1v) is 11.2. The fraction of sp³-hybridized carbons (Fsp3) is 0.103. The zero-order chi connectivity index (χ0) is 25.5. The molecule has 0 unspecified atom stereocenters. The van der Waals surface area contributed by atoms with Crippen LogP contribution in [-0.4, -0.2) is 23.9 Å². The van der Waals surface area contributed by atoms with Crippen LogP contribution in [0.15, 0.2) is 97.1 Å². The largest absolute Gasteiger partial charge is 0.465 e. The molecule has 7 heteroatoms. The van der Waals surface area contributed by atoms with Gasteiger partial charge in [-0.05, 0) is 59.7 Å². The van der Waals surface area contributed by atoms with Crippen LogP contribution in [0, 0.1) is 11.6 Å². The second-order valence-corrected chi connectivity index (χ2v) is 8.01. The van der Waals surface area contributed by atoms with Crippen LogP contribution in [0.3, 0.4) is 0 Å². The predicted molar refractivity (Wildman–Crippen MR) is 131 cm³/mol. The summed E-state index contributed by atoms with van der Waals surface area (Å²) in [5.74, 6) is -2.61. The lowest BCUT2D eigenvalue weighted by Crippen LogP contribution is -2.30. The molecule has 182 valence electrons. The first kappa shape index (κ1) is 24.6. The van der Waals surface area contributed by atoms with E-state index in [1.807, 2.05) is 30.3 Å². The Kier molecular flexibility index (Phi) is 7.70. The average molecular weight is 488 g/mol. The Morgan fingerprint density at radius 1 is 0.694 bits per heavy atom. The minimum absolute atomic E-state index is 0.198. The monoisotopic (exact) mass is 487 g/mol. The number of esters is 1. The molecule has 0 heterocycles. The molecule has 0 N–H and O–H groups in total. The van der Waals surface area contributed by atoms with Gasteiger partial charge in [-0.1, -0.05) is 48.5 Å². The molecule has 0 bridgehead atoms. The van der Waals surface area contributed by atoms with Crippen molar-refractivity contribution in [1.29, 1.82) is 0 Å². The van der Waals surface area contributed by atoms with Crippen molar-refractivity contribution in [3.8, 4) is 11.5 Å². The zero-order valence-corrected chi connectivity index (χ0v) is 19.5. The first-order chi connectivity index (χ1) is 17.4. The van der Waals surface area contributed by atoms with E-state index >= 15 is 0 Å². The van der Waals surface area contributed by atoms with E-state index in [2.05, 4.69) is 0 Å². The third kappa shape index (κ3) is 5.93. The number of carbonyl (C=O) groups excluding carboxylic acids is 2. The molecule has 1 amide bonds. The third-order valence-corrected chi connectivity index (χ3v) is 5.49. The van der Waals surface area contributed by atoms with Gasteiger partial charge in [0.2, 0.25) is 0 Å². The smallest absolute Gasteiger partial charge is 0.337 e. The standard InChI is InChI=1S/C29H23F2NO4/c1-35-29(34)23-12-10-21(11-13-23)19-32(18-20-6-3-2-4-7-20)28(33)22-14-16-24(17-15-22)36-27-25(30)8-5-9-26(27)31/h2-17H,18-19H2,1H3. The molecular weight excluding hydrogens is 464 g/mol. The average Bonchev–Trinajstić information content (AvgIpc) is 2.91. The molecule has 36 heavy (non-hydrogen) atoms. The summed E-state index contributed by atoms with van der Waals surface area (Å²) in [5.41, 5.74) is 2.59. The Balaban J connectivity index is 1.54. The topological polar surface area (TPSA) is 55.8 Å². The van der Waals surface area contributed by atoms with Gasteiger partial charge in [0.25, 0.3) is 5.91 Å². The number of nitrogens with zero attached hydrogens (tertiary/aromatic N) is 1. The highest BCUT2D eigenvalue weighted by atomic mass is 19.1. The lowest BCUT2D eigenvalue weighted by atomic mass is 10.1. The van der Waals surface area contributed by atoms with Crippen molar-refractivity contribution in [3.05, 3.63) is 131 Å². The molecule has 0 aliphatic carbocycles. The normalized spacial score (nSPS) is 10.5.